The molecule has 136 valence electrons. The van der Waals surface area contributed by atoms with Crippen LogP contribution in [0.1, 0.15) is 10.4 Å². The van der Waals surface area contributed by atoms with Crippen molar-refractivity contribution in [2.45, 2.75) is 6.10 Å². The summed E-state index contributed by atoms with van der Waals surface area (Å²) in [4.78, 5) is 26.2. The zero-order valence-electron chi connectivity index (χ0n) is 14.3. The van der Waals surface area contributed by atoms with Gasteiger partial charge < -0.3 is 19.7 Å². The predicted octanol–water partition coefficient (Wildman–Crippen LogP) is 2.51. The normalized spacial score (nSPS) is 17.1. The minimum absolute atomic E-state index is 0.0400. The Morgan fingerprint density at radius 3 is 2.88 bits per heavy atom. The van der Waals surface area contributed by atoms with Crippen molar-refractivity contribution in [1.82, 2.24) is 5.32 Å². The summed E-state index contributed by atoms with van der Waals surface area (Å²) >= 11 is 6.01. The van der Waals surface area contributed by atoms with Crippen molar-refractivity contribution < 1.29 is 19.1 Å². The highest BCUT2D eigenvalue weighted by Crippen LogP contribution is 2.22. The lowest BCUT2D eigenvalue weighted by Gasteiger charge is -2.33. The van der Waals surface area contributed by atoms with Gasteiger partial charge in [-0.15, -0.1) is 0 Å². The molecule has 3 rings (SSSR count). The van der Waals surface area contributed by atoms with Crippen LogP contribution in [0.25, 0.3) is 0 Å². The predicted molar refractivity (Wildman–Crippen MR) is 98.9 cm³/mol. The summed E-state index contributed by atoms with van der Waals surface area (Å²) in [6.45, 7) is 0.578. The molecule has 0 radical (unpaired) electrons. The fraction of sp³-hybridized carbons (Fsp3) is 0.263. The van der Waals surface area contributed by atoms with Crippen LogP contribution < -0.4 is 15.0 Å². The molecule has 0 bridgehead atoms. The molecular weight excluding hydrogens is 356 g/mol. The minimum Gasteiger partial charge on any atom is -0.496 e. The van der Waals surface area contributed by atoms with E-state index < -0.39 is 0 Å². The maximum Gasteiger partial charge on any atom is 0.255 e. The molecule has 1 unspecified atom stereocenters. The number of amides is 2. The van der Waals surface area contributed by atoms with Crippen LogP contribution in [0, 0.1) is 0 Å². The number of carbonyl (C=O) groups excluding carboxylic acids is 2. The van der Waals surface area contributed by atoms with Gasteiger partial charge in [-0.05, 0) is 30.3 Å². The average molecular weight is 375 g/mol. The van der Waals surface area contributed by atoms with Crippen LogP contribution >= 0.6 is 11.6 Å². The largest absolute Gasteiger partial charge is 0.496 e. The highest BCUT2D eigenvalue weighted by Gasteiger charge is 2.28. The first kappa shape index (κ1) is 18.2. The van der Waals surface area contributed by atoms with Crippen molar-refractivity contribution in [3.05, 3.63) is 59.1 Å². The molecule has 2 amide bonds. The molecule has 0 spiro atoms. The topological polar surface area (TPSA) is 67.9 Å². The van der Waals surface area contributed by atoms with Crippen molar-refractivity contribution >= 4 is 29.1 Å². The standard InChI is InChI=1S/C19H19ClN2O4/c1-25-17-8-3-2-7-16(17)19(24)21-10-15-11-22(18(23)12-26-15)14-6-4-5-13(20)9-14/h2-9,15H,10-12H2,1H3,(H,21,24). The number of ether oxygens (including phenoxy) is 2. The molecule has 1 aliphatic rings. The zero-order chi connectivity index (χ0) is 18.5. The first-order valence-corrected chi connectivity index (χ1v) is 8.55. The SMILES string of the molecule is COc1ccccc1C(=O)NCC1CN(c2cccc(Cl)c2)C(=O)CO1. The number of benzene rings is 2. The van der Waals surface area contributed by atoms with E-state index in [4.69, 9.17) is 21.1 Å². The van der Waals surface area contributed by atoms with E-state index in [1.54, 1.807) is 47.4 Å². The third-order valence-corrected chi connectivity index (χ3v) is 4.33. The minimum atomic E-state index is -0.315. The highest BCUT2D eigenvalue weighted by atomic mass is 35.5. The lowest BCUT2D eigenvalue weighted by Crippen LogP contribution is -2.50. The van der Waals surface area contributed by atoms with Gasteiger partial charge >= 0.3 is 0 Å². The van der Waals surface area contributed by atoms with Gasteiger partial charge in [0.15, 0.2) is 0 Å². The molecule has 26 heavy (non-hydrogen) atoms. The summed E-state index contributed by atoms with van der Waals surface area (Å²) in [6.07, 6.45) is -0.315. The quantitative estimate of drug-likeness (QED) is 0.873. The van der Waals surface area contributed by atoms with Gasteiger partial charge in [0, 0.05) is 17.3 Å². The van der Waals surface area contributed by atoms with E-state index in [-0.39, 0.29) is 31.1 Å². The van der Waals surface area contributed by atoms with Crippen LogP contribution in [0.2, 0.25) is 5.02 Å². The molecule has 1 N–H and O–H groups in total. The third kappa shape index (κ3) is 4.15. The second kappa shape index (κ2) is 8.21. The van der Waals surface area contributed by atoms with Crippen LogP contribution in [0.3, 0.4) is 0 Å². The van der Waals surface area contributed by atoms with Crippen LogP contribution in [-0.2, 0) is 9.53 Å². The van der Waals surface area contributed by atoms with E-state index in [0.29, 0.717) is 28.6 Å². The van der Waals surface area contributed by atoms with Crippen LogP contribution in [-0.4, -0.2) is 44.7 Å². The number of rotatable bonds is 5. The number of nitrogens with zero attached hydrogens (tertiary/aromatic N) is 1. The van der Waals surface area contributed by atoms with Crippen molar-refractivity contribution in [2.75, 3.05) is 31.7 Å². The summed E-state index contributed by atoms with van der Waals surface area (Å²) in [6, 6.07) is 14.1. The van der Waals surface area contributed by atoms with Crippen molar-refractivity contribution in [3.63, 3.8) is 0 Å². The fourth-order valence-corrected chi connectivity index (χ4v) is 2.96. The second-order valence-corrected chi connectivity index (χ2v) is 6.26. The summed E-state index contributed by atoms with van der Waals surface area (Å²) < 4.78 is 10.7. The summed E-state index contributed by atoms with van der Waals surface area (Å²) in [5.41, 5.74) is 1.17. The van der Waals surface area contributed by atoms with Crippen molar-refractivity contribution in [3.8, 4) is 5.75 Å². The highest BCUT2D eigenvalue weighted by molar-refractivity contribution is 6.30. The number of anilines is 1. The maximum absolute atomic E-state index is 12.4. The summed E-state index contributed by atoms with van der Waals surface area (Å²) in [5.74, 6) is 0.113. The zero-order valence-corrected chi connectivity index (χ0v) is 15.0. The van der Waals surface area contributed by atoms with Gasteiger partial charge in [0.2, 0.25) is 0 Å². The Labute approximate surface area is 156 Å². The number of hydrogen-bond donors (Lipinski definition) is 1. The van der Waals surface area contributed by atoms with Gasteiger partial charge in [0.1, 0.15) is 12.4 Å². The number of methoxy groups -OCH3 is 1. The van der Waals surface area contributed by atoms with Gasteiger partial charge in [-0.25, -0.2) is 0 Å². The van der Waals surface area contributed by atoms with E-state index >= 15 is 0 Å². The Hall–Kier alpha value is -2.57. The Morgan fingerprint density at radius 2 is 2.12 bits per heavy atom. The molecule has 1 fully saturated rings. The first-order valence-electron chi connectivity index (χ1n) is 8.17. The third-order valence-electron chi connectivity index (χ3n) is 4.09. The Kier molecular flexibility index (Phi) is 5.75. The smallest absolute Gasteiger partial charge is 0.255 e. The first-order chi connectivity index (χ1) is 12.6. The van der Waals surface area contributed by atoms with Crippen molar-refractivity contribution in [1.29, 1.82) is 0 Å². The lowest BCUT2D eigenvalue weighted by molar-refractivity contribution is -0.129. The molecule has 1 aliphatic heterocycles. The Balaban J connectivity index is 1.63. The molecule has 2 aromatic rings. The maximum atomic E-state index is 12.4. The van der Waals surface area contributed by atoms with Crippen LogP contribution in [0.4, 0.5) is 5.69 Å². The molecule has 1 atom stereocenters. The van der Waals surface area contributed by atoms with E-state index in [0.717, 1.165) is 0 Å². The number of carbonyl (C=O) groups is 2. The molecule has 0 saturated carbocycles. The average Bonchev–Trinajstić information content (AvgIpc) is 2.67. The number of halogens is 1. The fourth-order valence-electron chi connectivity index (χ4n) is 2.78. The molecule has 1 saturated heterocycles. The Bertz CT molecular complexity index is 812. The van der Waals surface area contributed by atoms with Crippen molar-refractivity contribution in [2.24, 2.45) is 0 Å². The number of para-hydroxylation sites is 1. The van der Waals surface area contributed by atoms with E-state index in [9.17, 15) is 9.59 Å². The van der Waals surface area contributed by atoms with Crippen LogP contribution in [0.15, 0.2) is 48.5 Å². The molecule has 0 aromatic heterocycles. The summed E-state index contributed by atoms with van der Waals surface area (Å²) in [7, 11) is 1.52. The van der Waals surface area contributed by atoms with E-state index in [1.165, 1.54) is 7.11 Å². The summed E-state index contributed by atoms with van der Waals surface area (Å²) in [5, 5.41) is 3.39. The van der Waals surface area contributed by atoms with Gasteiger partial charge in [0.25, 0.3) is 11.8 Å². The molecule has 1 heterocycles. The van der Waals surface area contributed by atoms with Gasteiger partial charge in [-0.1, -0.05) is 29.8 Å². The molecular formula is C19H19ClN2O4. The molecule has 2 aromatic carbocycles. The van der Waals surface area contributed by atoms with E-state index in [1.807, 2.05) is 6.07 Å². The van der Waals surface area contributed by atoms with Gasteiger partial charge in [-0.3, -0.25) is 9.59 Å². The number of nitrogens with one attached hydrogen (secondary N) is 1. The molecule has 6 nitrogen and oxygen atoms in total. The monoisotopic (exact) mass is 374 g/mol. The molecule has 0 aliphatic carbocycles. The number of hydrogen-bond acceptors (Lipinski definition) is 4. The molecule has 7 heteroatoms. The van der Waals surface area contributed by atoms with Gasteiger partial charge in [-0.2, -0.15) is 0 Å². The van der Waals surface area contributed by atoms with E-state index in [2.05, 4.69) is 5.32 Å². The van der Waals surface area contributed by atoms with Gasteiger partial charge in [0.05, 0.1) is 25.3 Å². The van der Waals surface area contributed by atoms with Crippen LogP contribution in [0.5, 0.6) is 5.75 Å². The Morgan fingerprint density at radius 1 is 1.31 bits per heavy atom. The lowest BCUT2D eigenvalue weighted by atomic mass is 10.1. The number of morpholine rings is 1. The second-order valence-electron chi connectivity index (χ2n) is 5.83.